The summed E-state index contributed by atoms with van der Waals surface area (Å²) < 4.78 is 7.87. The Balaban J connectivity index is 1.42. The largest absolute Gasteiger partial charge is 0.479 e. The zero-order chi connectivity index (χ0) is 21.1. The molecule has 1 atom stereocenters. The Bertz CT molecular complexity index is 1050. The van der Waals surface area contributed by atoms with Crippen LogP contribution in [0.3, 0.4) is 0 Å². The summed E-state index contributed by atoms with van der Waals surface area (Å²) in [7, 11) is 0. The van der Waals surface area contributed by atoms with E-state index in [1.54, 1.807) is 25.1 Å². The van der Waals surface area contributed by atoms with E-state index in [1.807, 2.05) is 24.3 Å². The summed E-state index contributed by atoms with van der Waals surface area (Å²) in [6, 6.07) is 12.5. The van der Waals surface area contributed by atoms with E-state index >= 15 is 0 Å². The maximum absolute atomic E-state index is 12.5. The van der Waals surface area contributed by atoms with Crippen molar-refractivity contribution in [2.75, 3.05) is 5.32 Å². The number of fused-ring (bicyclic) bond motifs is 1. The quantitative estimate of drug-likeness (QED) is 0.572. The van der Waals surface area contributed by atoms with Gasteiger partial charge in [-0.2, -0.15) is 0 Å². The molecule has 6 nitrogen and oxygen atoms in total. The van der Waals surface area contributed by atoms with Crippen molar-refractivity contribution in [2.24, 2.45) is 0 Å². The average molecular weight is 445 g/mol. The molecule has 1 aliphatic rings. The number of hydrogen-bond donors (Lipinski definition) is 1. The Morgan fingerprint density at radius 3 is 2.67 bits per heavy atom. The third-order valence-corrected chi connectivity index (χ3v) is 5.62. The summed E-state index contributed by atoms with van der Waals surface area (Å²) in [5, 5.41) is 12.5. The molecule has 1 amide bonds. The van der Waals surface area contributed by atoms with E-state index < -0.39 is 6.10 Å². The third-order valence-electron chi connectivity index (χ3n) is 5.09. The summed E-state index contributed by atoms with van der Waals surface area (Å²) >= 11 is 12.0. The molecule has 0 bridgehead atoms. The zero-order valence-corrected chi connectivity index (χ0v) is 18.1. The number of hydrogen-bond acceptors (Lipinski definition) is 4. The molecule has 0 radical (unpaired) electrons. The molecule has 156 valence electrons. The van der Waals surface area contributed by atoms with Gasteiger partial charge in [-0.05, 0) is 62.2 Å². The van der Waals surface area contributed by atoms with E-state index in [-0.39, 0.29) is 5.91 Å². The van der Waals surface area contributed by atoms with Gasteiger partial charge in [0.05, 0.1) is 5.02 Å². The maximum Gasteiger partial charge on any atom is 0.265 e. The first kappa shape index (κ1) is 20.7. The molecule has 30 heavy (non-hydrogen) atoms. The topological polar surface area (TPSA) is 69.0 Å². The van der Waals surface area contributed by atoms with Gasteiger partial charge in [0.2, 0.25) is 0 Å². The number of aromatic nitrogens is 3. The number of ether oxygens (including phenoxy) is 1. The molecular formula is C22H22Cl2N4O2. The second-order valence-corrected chi connectivity index (χ2v) is 8.15. The van der Waals surface area contributed by atoms with Crippen molar-refractivity contribution in [1.29, 1.82) is 0 Å². The van der Waals surface area contributed by atoms with Crippen LogP contribution in [0.1, 0.15) is 32.0 Å². The molecule has 4 rings (SSSR count). The van der Waals surface area contributed by atoms with Crippen molar-refractivity contribution >= 4 is 34.8 Å². The van der Waals surface area contributed by atoms with Crippen LogP contribution in [0.2, 0.25) is 10.0 Å². The van der Waals surface area contributed by atoms with Crippen LogP contribution < -0.4 is 10.1 Å². The van der Waals surface area contributed by atoms with Gasteiger partial charge in [-0.3, -0.25) is 4.79 Å². The van der Waals surface area contributed by atoms with E-state index in [1.165, 1.54) is 6.42 Å². The third kappa shape index (κ3) is 4.60. The number of halogens is 2. The molecule has 0 saturated heterocycles. The van der Waals surface area contributed by atoms with Crippen LogP contribution in [0.15, 0.2) is 42.5 Å². The first-order valence-electron chi connectivity index (χ1n) is 9.96. The number of anilines is 1. The molecule has 1 aromatic heterocycles. The van der Waals surface area contributed by atoms with E-state index in [9.17, 15) is 4.79 Å². The Morgan fingerprint density at radius 1 is 1.10 bits per heavy atom. The molecule has 0 aliphatic carbocycles. The van der Waals surface area contributed by atoms with Gasteiger partial charge in [0.25, 0.3) is 5.91 Å². The fourth-order valence-electron chi connectivity index (χ4n) is 3.46. The highest BCUT2D eigenvalue weighted by molar-refractivity contribution is 6.35. The first-order chi connectivity index (χ1) is 14.5. The summed E-state index contributed by atoms with van der Waals surface area (Å²) in [5.74, 6) is 2.06. The predicted octanol–water partition coefficient (Wildman–Crippen LogP) is 5.38. The Labute approximate surface area is 185 Å². The fraction of sp³-hybridized carbons (Fsp3) is 0.318. The second kappa shape index (κ2) is 9.06. The highest BCUT2D eigenvalue weighted by Gasteiger charge is 2.18. The predicted molar refractivity (Wildman–Crippen MR) is 118 cm³/mol. The van der Waals surface area contributed by atoms with Crippen molar-refractivity contribution in [2.45, 2.75) is 45.3 Å². The van der Waals surface area contributed by atoms with Gasteiger partial charge < -0.3 is 14.6 Å². The average Bonchev–Trinajstić information content (AvgIpc) is 2.98. The Kier molecular flexibility index (Phi) is 6.25. The molecule has 1 N–H and O–H groups in total. The minimum atomic E-state index is -0.726. The second-order valence-electron chi connectivity index (χ2n) is 7.30. The fourth-order valence-corrected chi connectivity index (χ4v) is 3.91. The van der Waals surface area contributed by atoms with Crippen LogP contribution in [0, 0.1) is 0 Å². The molecule has 2 heterocycles. The molecule has 3 aromatic rings. The van der Waals surface area contributed by atoms with E-state index in [4.69, 9.17) is 27.9 Å². The number of rotatable bonds is 5. The molecule has 2 aromatic carbocycles. The van der Waals surface area contributed by atoms with Gasteiger partial charge >= 0.3 is 0 Å². The van der Waals surface area contributed by atoms with Gasteiger partial charge in [-0.1, -0.05) is 29.6 Å². The van der Waals surface area contributed by atoms with Crippen LogP contribution in [-0.2, 0) is 17.8 Å². The van der Waals surface area contributed by atoms with Crippen LogP contribution >= 0.6 is 23.2 Å². The van der Waals surface area contributed by atoms with Crippen molar-refractivity contribution in [3.63, 3.8) is 0 Å². The minimum Gasteiger partial charge on any atom is -0.479 e. The molecule has 1 unspecified atom stereocenters. The Hall–Kier alpha value is -2.57. The molecule has 0 spiro atoms. The Morgan fingerprint density at radius 2 is 1.90 bits per heavy atom. The number of nitrogens with zero attached hydrogens (tertiary/aromatic N) is 3. The van der Waals surface area contributed by atoms with Gasteiger partial charge in [-0.15, -0.1) is 10.2 Å². The van der Waals surface area contributed by atoms with Gasteiger partial charge in [-0.25, -0.2) is 0 Å². The van der Waals surface area contributed by atoms with Gasteiger partial charge in [0, 0.05) is 29.2 Å². The molecule has 1 aliphatic heterocycles. The molecule has 0 fully saturated rings. The standard InChI is InChI=1S/C22H22Cl2N4O2/c1-14(30-19-11-8-16(23)13-18(19)24)22(29)25-17-9-6-15(7-10-17)21-27-26-20-5-3-2-4-12-28(20)21/h6-11,13-14H,2-5,12H2,1H3,(H,25,29). The van der Waals surface area contributed by atoms with Crippen LogP contribution in [0.5, 0.6) is 5.75 Å². The lowest BCUT2D eigenvalue weighted by Gasteiger charge is -2.16. The zero-order valence-electron chi connectivity index (χ0n) is 16.6. The van der Waals surface area contributed by atoms with E-state index in [0.29, 0.717) is 21.5 Å². The normalized spacial score (nSPS) is 14.5. The lowest BCUT2D eigenvalue weighted by Crippen LogP contribution is -2.30. The maximum atomic E-state index is 12.5. The lowest BCUT2D eigenvalue weighted by atomic mass is 10.2. The molecular weight excluding hydrogens is 423 g/mol. The molecule has 0 saturated carbocycles. The van der Waals surface area contributed by atoms with Crippen molar-refractivity contribution < 1.29 is 9.53 Å². The summed E-state index contributed by atoms with van der Waals surface area (Å²) in [6.45, 7) is 2.61. The van der Waals surface area contributed by atoms with Crippen LogP contribution in [0.25, 0.3) is 11.4 Å². The smallest absolute Gasteiger partial charge is 0.265 e. The first-order valence-corrected chi connectivity index (χ1v) is 10.7. The van der Waals surface area contributed by atoms with Crippen LogP contribution in [-0.4, -0.2) is 26.8 Å². The summed E-state index contributed by atoms with van der Waals surface area (Å²) in [5.41, 5.74) is 1.66. The number of nitrogens with one attached hydrogen (secondary N) is 1. The van der Waals surface area contributed by atoms with Crippen molar-refractivity contribution in [1.82, 2.24) is 14.8 Å². The highest BCUT2D eigenvalue weighted by Crippen LogP contribution is 2.29. The van der Waals surface area contributed by atoms with E-state index in [2.05, 4.69) is 20.1 Å². The summed E-state index contributed by atoms with van der Waals surface area (Å²) in [4.78, 5) is 12.5. The number of amides is 1. The van der Waals surface area contributed by atoms with Crippen molar-refractivity contribution in [3.8, 4) is 17.1 Å². The number of carbonyl (C=O) groups is 1. The van der Waals surface area contributed by atoms with Crippen LogP contribution in [0.4, 0.5) is 5.69 Å². The monoisotopic (exact) mass is 444 g/mol. The number of carbonyl (C=O) groups excluding carboxylic acids is 1. The SMILES string of the molecule is CC(Oc1ccc(Cl)cc1Cl)C(=O)Nc1ccc(-c2nnc3n2CCCCC3)cc1. The molecule has 8 heteroatoms. The lowest BCUT2D eigenvalue weighted by molar-refractivity contribution is -0.122. The number of benzene rings is 2. The summed E-state index contributed by atoms with van der Waals surface area (Å²) in [6.07, 6.45) is 3.76. The van der Waals surface area contributed by atoms with Gasteiger partial charge in [0.15, 0.2) is 11.9 Å². The van der Waals surface area contributed by atoms with E-state index in [0.717, 1.165) is 43.0 Å². The van der Waals surface area contributed by atoms with Crippen molar-refractivity contribution in [3.05, 3.63) is 58.3 Å². The minimum absolute atomic E-state index is 0.273. The van der Waals surface area contributed by atoms with Gasteiger partial charge in [0.1, 0.15) is 11.6 Å². The highest BCUT2D eigenvalue weighted by atomic mass is 35.5. The number of aryl methyl sites for hydroxylation is 1.